The van der Waals surface area contributed by atoms with Gasteiger partial charge in [-0.3, -0.25) is 0 Å². The van der Waals surface area contributed by atoms with Crippen LogP contribution in [0.2, 0.25) is 0 Å². The Balaban J connectivity index is 1.74. The van der Waals surface area contributed by atoms with E-state index in [1.807, 2.05) is 11.8 Å². The Labute approximate surface area is 53.2 Å². The van der Waals surface area contributed by atoms with Crippen LogP contribution in [0.4, 0.5) is 0 Å². The first-order valence-corrected chi connectivity index (χ1v) is 3.78. The highest BCUT2D eigenvalue weighted by Gasteiger charge is 2.21. The predicted octanol–water partition coefficient (Wildman–Crippen LogP) is 0.111. The van der Waals surface area contributed by atoms with E-state index in [1.54, 1.807) is 0 Å². The second-order valence-electron chi connectivity index (χ2n) is 1.75. The van der Waals surface area contributed by atoms with Crippen molar-refractivity contribution in [3.8, 4) is 0 Å². The fraction of sp³-hybridized carbons (Fsp3) is 1.00. The van der Waals surface area contributed by atoms with Crippen LogP contribution in [0.5, 0.6) is 0 Å². The van der Waals surface area contributed by atoms with Crippen LogP contribution in [0.1, 0.15) is 0 Å². The van der Waals surface area contributed by atoms with Crippen molar-refractivity contribution < 1.29 is 9.84 Å². The number of hydrogen-bond acceptors (Lipinski definition) is 3. The monoisotopic (exact) mass is 134 g/mol. The average Bonchev–Trinajstić information content (AvgIpc) is 2.51. The molecule has 1 heterocycles. The molecule has 0 spiro atoms. The van der Waals surface area contributed by atoms with Crippen LogP contribution in [-0.2, 0) is 4.74 Å². The van der Waals surface area contributed by atoms with Crippen LogP contribution < -0.4 is 0 Å². The minimum absolute atomic E-state index is 0.150. The van der Waals surface area contributed by atoms with Gasteiger partial charge in [0.2, 0.25) is 0 Å². The first-order valence-electron chi connectivity index (χ1n) is 2.73. The van der Waals surface area contributed by atoms with E-state index in [0.717, 1.165) is 11.9 Å². The Morgan fingerprint density at radius 2 is 2.50 bits per heavy atom. The molecule has 1 saturated heterocycles. The molecule has 0 amide bonds. The van der Waals surface area contributed by atoms with Gasteiger partial charge >= 0.3 is 0 Å². The Morgan fingerprint density at radius 3 is 3.00 bits per heavy atom. The van der Waals surface area contributed by atoms with Crippen LogP contribution in [0.25, 0.3) is 0 Å². The first-order chi connectivity index (χ1) is 3.93. The summed E-state index contributed by atoms with van der Waals surface area (Å²) >= 11 is 1.91. The van der Waals surface area contributed by atoms with Crippen molar-refractivity contribution in [1.82, 2.24) is 0 Å². The summed E-state index contributed by atoms with van der Waals surface area (Å²) in [6.45, 7) is 1.47. The standard InChI is InChI=1S/C5H10O2S/c6-1-2-7-3-5-4-8-5/h5-6H,1-4H2. The fourth-order valence-corrected chi connectivity index (χ4v) is 0.868. The van der Waals surface area contributed by atoms with Crippen LogP contribution in [0.3, 0.4) is 0 Å². The summed E-state index contributed by atoms with van der Waals surface area (Å²) in [5.74, 6) is 1.24. The fourth-order valence-electron chi connectivity index (χ4n) is 0.444. The normalized spacial score (nSPS) is 25.9. The van der Waals surface area contributed by atoms with Gasteiger partial charge in [-0.1, -0.05) is 0 Å². The zero-order valence-electron chi connectivity index (χ0n) is 4.67. The second kappa shape index (κ2) is 3.33. The number of aliphatic hydroxyl groups excluding tert-OH is 1. The van der Waals surface area contributed by atoms with E-state index < -0.39 is 0 Å². The molecule has 2 nitrogen and oxygen atoms in total. The molecule has 1 aliphatic heterocycles. The molecule has 1 N–H and O–H groups in total. The van der Waals surface area contributed by atoms with Crippen molar-refractivity contribution in [1.29, 1.82) is 0 Å². The third-order valence-electron chi connectivity index (χ3n) is 0.942. The lowest BCUT2D eigenvalue weighted by atomic mass is 10.5. The molecule has 0 aromatic carbocycles. The Kier molecular flexibility index (Phi) is 2.66. The summed E-state index contributed by atoms with van der Waals surface area (Å²) in [5.41, 5.74) is 0. The van der Waals surface area contributed by atoms with Gasteiger partial charge in [-0.2, -0.15) is 11.8 Å². The number of ether oxygens (including phenoxy) is 1. The summed E-state index contributed by atoms with van der Waals surface area (Å²) in [6.07, 6.45) is 0. The highest BCUT2D eigenvalue weighted by atomic mass is 32.2. The van der Waals surface area contributed by atoms with E-state index in [2.05, 4.69) is 0 Å². The average molecular weight is 134 g/mol. The van der Waals surface area contributed by atoms with E-state index in [4.69, 9.17) is 9.84 Å². The second-order valence-corrected chi connectivity index (χ2v) is 3.09. The third-order valence-corrected chi connectivity index (χ3v) is 1.88. The largest absolute Gasteiger partial charge is 0.394 e. The van der Waals surface area contributed by atoms with E-state index >= 15 is 0 Å². The first kappa shape index (κ1) is 6.39. The SMILES string of the molecule is OCCOCC1CS1. The molecule has 0 saturated carbocycles. The lowest BCUT2D eigenvalue weighted by Gasteiger charge is -1.95. The van der Waals surface area contributed by atoms with Crippen molar-refractivity contribution in [3.05, 3.63) is 0 Å². The molecule has 1 aliphatic rings. The summed E-state index contributed by atoms with van der Waals surface area (Å²) in [4.78, 5) is 0. The van der Waals surface area contributed by atoms with Crippen molar-refractivity contribution >= 4 is 11.8 Å². The molecule has 0 aromatic rings. The van der Waals surface area contributed by atoms with E-state index in [0.29, 0.717) is 6.61 Å². The van der Waals surface area contributed by atoms with Crippen molar-refractivity contribution in [2.45, 2.75) is 5.25 Å². The van der Waals surface area contributed by atoms with E-state index in [1.165, 1.54) is 5.75 Å². The van der Waals surface area contributed by atoms with Crippen LogP contribution in [0.15, 0.2) is 0 Å². The third kappa shape index (κ3) is 2.55. The van der Waals surface area contributed by atoms with E-state index in [9.17, 15) is 0 Å². The highest BCUT2D eigenvalue weighted by molar-refractivity contribution is 8.06. The zero-order valence-corrected chi connectivity index (χ0v) is 5.49. The van der Waals surface area contributed by atoms with Crippen molar-refractivity contribution in [2.24, 2.45) is 0 Å². The predicted molar refractivity (Wildman–Crippen MR) is 34.2 cm³/mol. The number of hydrogen-bond donors (Lipinski definition) is 1. The molecule has 1 atom stereocenters. The molecule has 1 rings (SSSR count). The smallest absolute Gasteiger partial charge is 0.0698 e. The van der Waals surface area contributed by atoms with Gasteiger partial charge in [-0.05, 0) is 0 Å². The van der Waals surface area contributed by atoms with Gasteiger partial charge in [0.15, 0.2) is 0 Å². The summed E-state index contributed by atoms with van der Waals surface area (Å²) in [5, 5.41) is 9.01. The van der Waals surface area contributed by atoms with Gasteiger partial charge in [-0.15, -0.1) is 0 Å². The molecular weight excluding hydrogens is 124 g/mol. The van der Waals surface area contributed by atoms with Gasteiger partial charge in [0.25, 0.3) is 0 Å². The van der Waals surface area contributed by atoms with Crippen molar-refractivity contribution in [3.63, 3.8) is 0 Å². The van der Waals surface area contributed by atoms with Gasteiger partial charge < -0.3 is 9.84 Å². The Morgan fingerprint density at radius 1 is 1.75 bits per heavy atom. The Hall–Kier alpha value is 0.270. The maximum Gasteiger partial charge on any atom is 0.0698 e. The molecular formula is C5H10O2S. The van der Waals surface area contributed by atoms with Crippen LogP contribution in [-0.4, -0.2) is 35.9 Å². The molecule has 0 aromatic heterocycles. The summed E-state index contributed by atoms with van der Waals surface area (Å²) < 4.78 is 5.04. The maximum absolute atomic E-state index is 8.27. The summed E-state index contributed by atoms with van der Waals surface area (Å²) in [6, 6.07) is 0. The molecule has 0 bridgehead atoms. The minimum atomic E-state index is 0.150. The van der Waals surface area contributed by atoms with Gasteiger partial charge in [0, 0.05) is 11.0 Å². The van der Waals surface area contributed by atoms with E-state index in [-0.39, 0.29) is 6.61 Å². The molecule has 48 valence electrons. The molecule has 1 unspecified atom stereocenters. The molecule has 3 heteroatoms. The number of rotatable bonds is 4. The Bertz CT molecular complexity index is 63.4. The van der Waals surface area contributed by atoms with Gasteiger partial charge in [0.1, 0.15) is 0 Å². The molecule has 0 aliphatic carbocycles. The van der Waals surface area contributed by atoms with Crippen molar-refractivity contribution in [2.75, 3.05) is 25.6 Å². The number of thioether (sulfide) groups is 1. The van der Waals surface area contributed by atoms with Crippen LogP contribution >= 0.6 is 11.8 Å². The van der Waals surface area contributed by atoms with Crippen LogP contribution in [0, 0.1) is 0 Å². The lowest BCUT2D eigenvalue weighted by Crippen LogP contribution is -2.04. The number of aliphatic hydroxyl groups is 1. The minimum Gasteiger partial charge on any atom is -0.394 e. The van der Waals surface area contributed by atoms with Gasteiger partial charge in [-0.25, -0.2) is 0 Å². The molecule has 1 fully saturated rings. The molecule has 8 heavy (non-hydrogen) atoms. The summed E-state index contributed by atoms with van der Waals surface area (Å²) in [7, 11) is 0. The zero-order chi connectivity index (χ0) is 5.82. The lowest BCUT2D eigenvalue weighted by molar-refractivity contribution is 0.0978. The quantitative estimate of drug-likeness (QED) is 0.437. The maximum atomic E-state index is 8.27. The molecule has 0 radical (unpaired) electrons. The topological polar surface area (TPSA) is 29.5 Å². The highest BCUT2D eigenvalue weighted by Crippen LogP contribution is 2.29. The van der Waals surface area contributed by atoms with Gasteiger partial charge in [0.05, 0.1) is 19.8 Å².